The van der Waals surface area contributed by atoms with Crippen LogP contribution in [0.2, 0.25) is 5.15 Å². The van der Waals surface area contributed by atoms with E-state index in [2.05, 4.69) is 16.8 Å². The first kappa shape index (κ1) is 15.3. The molecule has 112 valence electrons. The summed E-state index contributed by atoms with van der Waals surface area (Å²) < 4.78 is 1.77. The lowest BCUT2D eigenvalue weighted by molar-refractivity contribution is -0.144. The van der Waals surface area contributed by atoms with Crippen molar-refractivity contribution in [2.45, 2.75) is 19.9 Å². The van der Waals surface area contributed by atoms with Crippen molar-refractivity contribution < 1.29 is 9.90 Å². The third-order valence-corrected chi connectivity index (χ3v) is 4.31. The average molecular weight is 301 g/mol. The van der Waals surface area contributed by atoms with Gasteiger partial charge in [-0.25, -0.2) is 4.98 Å². The molecule has 0 bridgehead atoms. The molecule has 2 rings (SSSR count). The molecule has 1 fully saturated rings. The predicted molar refractivity (Wildman–Crippen MR) is 77.0 cm³/mol. The van der Waals surface area contributed by atoms with Crippen LogP contribution in [0.5, 0.6) is 0 Å². The van der Waals surface area contributed by atoms with Crippen LogP contribution in [0.4, 0.5) is 0 Å². The first-order chi connectivity index (χ1) is 9.45. The summed E-state index contributed by atoms with van der Waals surface area (Å²) in [5.74, 6) is -0.150. The van der Waals surface area contributed by atoms with E-state index in [1.165, 1.54) is 0 Å². The average Bonchev–Trinajstić information content (AvgIpc) is 2.66. The zero-order valence-electron chi connectivity index (χ0n) is 12.1. The number of rotatable bonds is 4. The van der Waals surface area contributed by atoms with E-state index in [4.69, 9.17) is 11.6 Å². The molecule has 1 aliphatic rings. The van der Waals surface area contributed by atoms with Crippen molar-refractivity contribution in [1.82, 2.24) is 19.4 Å². The molecule has 0 radical (unpaired) electrons. The summed E-state index contributed by atoms with van der Waals surface area (Å²) in [6, 6.07) is -0.729. The summed E-state index contributed by atoms with van der Waals surface area (Å²) >= 11 is 6.13. The number of likely N-dealkylation sites (N-methyl/N-ethyl adjacent to an activating group) is 1. The number of aliphatic carboxylic acids is 1. The van der Waals surface area contributed by atoms with Gasteiger partial charge in [0, 0.05) is 33.2 Å². The number of carbonyl (C=O) groups is 1. The summed E-state index contributed by atoms with van der Waals surface area (Å²) in [6.07, 6.45) is 0. The van der Waals surface area contributed by atoms with Gasteiger partial charge in [0.05, 0.1) is 5.69 Å². The molecule has 0 spiro atoms. The van der Waals surface area contributed by atoms with Crippen molar-refractivity contribution in [2.24, 2.45) is 7.05 Å². The first-order valence-electron chi connectivity index (χ1n) is 6.83. The number of carboxylic acid groups (broad SMARTS) is 1. The minimum atomic E-state index is -0.875. The Kier molecular flexibility index (Phi) is 4.67. The van der Waals surface area contributed by atoms with Crippen molar-refractivity contribution >= 4 is 17.6 Å². The molecule has 1 aromatic rings. The second-order valence-corrected chi connectivity index (χ2v) is 5.46. The maximum Gasteiger partial charge on any atom is 0.327 e. The minimum absolute atomic E-state index is 0.287. The topological polar surface area (TPSA) is 61.6 Å². The van der Waals surface area contributed by atoms with E-state index in [-0.39, 0.29) is 5.15 Å². The summed E-state index contributed by atoms with van der Waals surface area (Å²) in [6.45, 7) is 8.16. The molecule has 1 saturated heterocycles. The number of aryl methyl sites for hydroxylation is 1. The predicted octanol–water partition coefficient (Wildman–Crippen LogP) is 1.15. The van der Waals surface area contributed by atoms with Gasteiger partial charge in [-0.2, -0.15) is 0 Å². The standard InChI is InChI=1S/C13H21ClN4O2/c1-4-17-5-7-18(8-6-17)11(13(19)20)10-12(14)15-9(2)16(10)3/h11H,4-8H2,1-3H3,(H,19,20). The highest BCUT2D eigenvalue weighted by Gasteiger charge is 2.34. The zero-order valence-corrected chi connectivity index (χ0v) is 12.9. The van der Waals surface area contributed by atoms with Gasteiger partial charge in [0.2, 0.25) is 0 Å². The normalized spacial score (nSPS) is 19.2. The number of aromatic nitrogens is 2. The third kappa shape index (κ3) is 2.82. The SMILES string of the molecule is CCN1CCN(C(C(=O)O)c2c(Cl)nc(C)n2C)CC1. The molecule has 1 aromatic heterocycles. The molecule has 0 saturated carbocycles. The van der Waals surface area contributed by atoms with Crippen molar-refractivity contribution in [3.63, 3.8) is 0 Å². The molecule has 20 heavy (non-hydrogen) atoms. The van der Waals surface area contributed by atoms with E-state index < -0.39 is 12.0 Å². The Balaban J connectivity index is 2.26. The number of halogens is 1. The van der Waals surface area contributed by atoms with Gasteiger partial charge in [-0.3, -0.25) is 9.69 Å². The fourth-order valence-electron chi connectivity index (χ4n) is 2.67. The zero-order chi connectivity index (χ0) is 14.9. The van der Waals surface area contributed by atoms with E-state index >= 15 is 0 Å². The van der Waals surface area contributed by atoms with Crippen molar-refractivity contribution in [3.05, 3.63) is 16.7 Å². The van der Waals surface area contributed by atoms with E-state index in [0.29, 0.717) is 5.69 Å². The monoisotopic (exact) mass is 300 g/mol. The highest BCUT2D eigenvalue weighted by atomic mass is 35.5. The molecule has 7 heteroatoms. The highest BCUT2D eigenvalue weighted by molar-refractivity contribution is 6.30. The molecule has 0 amide bonds. The molecule has 1 unspecified atom stereocenters. The molecule has 0 aliphatic carbocycles. The smallest absolute Gasteiger partial charge is 0.327 e. The highest BCUT2D eigenvalue weighted by Crippen LogP contribution is 2.29. The number of nitrogens with zero attached hydrogens (tertiary/aromatic N) is 4. The Morgan fingerprint density at radius 2 is 2.00 bits per heavy atom. The van der Waals surface area contributed by atoms with Crippen LogP contribution >= 0.6 is 11.6 Å². The van der Waals surface area contributed by atoms with Gasteiger partial charge in [0.15, 0.2) is 11.2 Å². The Hall–Kier alpha value is -1.11. The molecular formula is C13H21ClN4O2. The van der Waals surface area contributed by atoms with Crippen LogP contribution in [-0.2, 0) is 11.8 Å². The summed E-state index contributed by atoms with van der Waals surface area (Å²) in [7, 11) is 1.81. The lowest BCUT2D eigenvalue weighted by atomic mass is 10.1. The maximum absolute atomic E-state index is 11.7. The molecule has 6 nitrogen and oxygen atoms in total. The molecular weight excluding hydrogens is 280 g/mol. The number of hydrogen-bond acceptors (Lipinski definition) is 4. The first-order valence-corrected chi connectivity index (χ1v) is 7.21. The summed E-state index contributed by atoms with van der Waals surface area (Å²) in [5.41, 5.74) is 0.571. The fourth-order valence-corrected chi connectivity index (χ4v) is 3.02. The van der Waals surface area contributed by atoms with Crippen molar-refractivity contribution in [2.75, 3.05) is 32.7 Å². The quantitative estimate of drug-likeness (QED) is 0.904. The van der Waals surface area contributed by atoms with Crippen LogP contribution in [0, 0.1) is 6.92 Å². The largest absolute Gasteiger partial charge is 0.480 e. The van der Waals surface area contributed by atoms with E-state index in [9.17, 15) is 9.90 Å². The summed E-state index contributed by atoms with van der Waals surface area (Å²) in [5, 5.41) is 9.89. The number of carboxylic acids is 1. The number of imidazole rings is 1. The van der Waals surface area contributed by atoms with Crippen LogP contribution in [0.25, 0.3) is 0 Å². The minimum Gasteiger partial charge on any atom is -0.480 e. The number of hydrogen-bond donors (Lipinski definition) is 1. The Morgan fingerprint density at radius 3 is 2.40 bits per heavy atom. The number of piperazine rings is 1. The van der Waals surface area contributed by atoms with Gasteiger partial charge < -0.3 is 14.6 Å². The molecule has 2 heterocycles. The lowest BCUT2D eigenvalue weighted by Crippen LogP contribution is -2.49. The van der Waals surface area contributed by atoms with Crippen molar-refractivity contribution in [3.8, 4) is 0 Å². The van der Waals surface area contributed by atoms with Gasteiger partial charge in [-0.15, -0.1) is 0 Å². The lowest BCUT2D eigenvalue weighted by Gasteiger charge is -2.37. The second kappa shape index (κ2) is 6.11. The van der Waals surface area contributed by atoms with E-state index in [1.807, 2.05) is 18.9 Å². The van der Waals surface area contributed by atoms with Crippen LogP contribution < -0.4 is 0 Å². The van der Waals surface area contributed by atoms with Gasteiger partial charge in [0.25, 0.3) is 0 Å². The van der Waals surface area contributed by atoms with Gasteiger partial charge >= 0.3 is 5.97 Å². The van der Waals surface area contributed by atoms with Crippen LogP contribution in [0.3, 0.4) is 0 Å². The van der Waals surface area contributed by atoms with Crippen molar-refractivity contribution in [1.29, 1.82) is 0 Å². The molecule has 0 aromatic carbocycles. The molecule has 1 aliphatic heterocycles. The van der Waals surface area contributed by atoms with Gasteiger partial charge in [-0.05, 0) is 13.5 Å². The van der Waals surface area contributed by atoms with Crippen LogP contribution in [0.1, 0.15) is 24.5 Å². The van der Waals surface area contributed by atoms with Gasteiger partial charge in [-0.1, -0.05) is 18.5 Å². The third-order valence-electron chi connectivity index (χ3n) is 4.03. The maximum atomic E-state index is 11.7. The molecule has 1 N–H and O–H groups in total. The fraction of sp³-hybridized carbons (Fsp3) is 0.692. The Labute approximate surface area is 123 Å². The summed E-state index contributed by atoms with van der Waals surface area (Å²) in [4.78, 5) is 20.2. The van der Waals surface area contributed by atoms with Gasteiger partial charge in [0.1, 0.15) is 5.82 Å². The van der Waals surface area contributed by atoms with Crippen LogP contribution in [-0.4, -0.2) is 63.2 Å². The van der Waals surface area contributed by atoms with Crippen LogP contribution in [0.15, 0.2) is 0 Å². The molecule has 1 atom stereocenters. The Morgan fingerprint density at radius 1 is 1.40 bits per heavy atom. The van der Waals surface area contributed by atoms with E-state index in [1.54, 1.807) is 4.57 Å². The van der Waals surface area contributed by atoms with E-state index in [0.717, 1.165) is 38.5 Å². The second-order valence-electron chi connectivity index (χ2n) is 5.11. The Bertz CT molecular complexity index is 495.